The predicted molar refractivity (Wildman–Crippen MR) is 57.0 cm³/mol. The van der Waals surface area contributed by atoms with Gasteiger partial charge in [0, 0.05) is 0 Å². The van der Waals surface area contributed by atoms with Gasteiger partial charge in [0.05, 0.1) is 24.3 Å². The van der Waals surface area contributed by atoms with E-state index in [9.17, 15) is 4.79 Å². The summed E-state index contributed by atoms with van der Waals surface area (Å²) in [5.41, 5.74) is 5.08. The molecule has 4 nitrogen and oxygen atoms in total. The summed E-state index contributed by atoms with van der Waals surface area (Å²) >= 11 is 0. The van der Waals surface area contributed by atoms with E-state index in [1.54, 1.807) is 6.92 Å². The van der Waals surface area contributed by atoms with Gasteiger partial charge in [0.1, 0.15) is 0 Å². The number of nitrogens with one attached hydrogen (secondary N) is 1. The molecule has 0 saturated carbocycles. The van der Waals surface area contributed by atoms with Crippen molar-refractivity contribution in [3.63, 3.8) is 0 Å². The van der Waals surface area contributed by atoms with E-state index >= 15 is 0 Å². The minimum Gasteiger partial charge on any atom is -0.376 e. The quantitative estimate of drug-likeness (QED) is 0.688. The van der Waals surface area contributed by atoms with Gasteiger partial charge in [0.2, 0.25) is 5.91 Å². The third-order valence-corrected chi connectivity index (χ3v) is 1.65. The van der Waals surface area contributed by atoms with Gasteiger partial charge in [-0.1, -0.05) is 0 Å². The highest BCUT2D eigenvalue weighted by molar-refractivity contribution is 5.81. The van der Waals surface area contributed by atoms with Gasteiger partial charge in [-0.25, -0.2) is 0 Å². The Labute approximate surface area is 86.2 Å². The maximum absolute atomic E-state index is 11.3. The van der Waals surface area contributed by atoms with Gasteiger partial charge in [-0.2, -0.15) is 0 Å². The molecule has 0 heterocycles. The molecule has 0 fully saturated rings. The molecule has 0 bridgehead atoms. The third-order valence-electron chi connectivity index (χ3n) is 1.65. The fourth-order valence-electron chi connectivity index (χ4n) is 0.858. The van der Waals surface area contributed by atoms with E-state index in [0.717, 1.165) is 0 Å². The zero-order valence-electron chi connectivity index (χ0n) is 9.76. The highest BCUT2D eigenvalue weighted by Crippen LogP contribution is 2.04. The summed E-state index contributed by atoms with van der Waals surface area (Å²) in [6, 6.07) is -0.478. The molecule has 1 unspecified atom stereocenters. The van der Waals surface area contributed by atoms with Gasteiger partial charge in [-0.05, 0) is 34.6 Å². The zero-order valence-corrected chi connectivity index (χ0v) is 9.76. The SMILES string of the molecule is CC(C)OCC(C)(C)NC(=O)C(C)N. The molecule has 14 heavy (non-hydrogen) atoms. The molecule has 0 aromatic carbocycles. The van der Waals surface area contributed by atoms with E-state index in [4.69, 9.17) is 10.5 Å². The van der Waals surface area contributed by atoms with Crippen LogP contribution in [-0.4, -0.2) is 30.2 Å². The Morgan fingerprint density at radius 1 is 1.43 bits per heavy atom. The Morgan fingerprint density at radius 2 is 1.93 bits per heavy atom. The average molecular weight is 202 g/mol. The lowest BCUT2D eigenvalue weighted by Gasteiger charge is -2.27. The lowest BCUT2D eigenvalue weighted by molar-refractivity contribution is -0.124. The molecule has 0 aliphatic heterocycles. The molecule has 1 atom stereocenters. The van der Waals surface area contributed by atoms with Crippen LogP contribution in [0.3, 0.4) is 0 Å². The fraction of sp³-hybridized carbons (Fsp3) is 0.900. The van der Waals surface area contributed by atoms with Crippen molar-refractivity contribution in [3.05, 3.63) is 0 Å². The summed E-state index contributed by atoms with van der Waals surface area (Å²) < 4.78 is 5.43. The van der Waals surface area contributed by atoms with Crippen molar-refractivity contribution in [2.24, 2.45) is 5.73 Å². The molecule has 4 heteroatoms. The first-order valence-corrected chi connectivity index (χ1v) is 4.94. The predicted octanol–water partition coefficient (Wildman–Crippen LogP) is 0.653. The van der Waals surface area contributed by atoms with E-state index in [0.29, 0.717) is 6.61 Å². The van der Waals surface area contributed by atoms with E-state index in [-0.39, 0.29) is 17.6 Å². The summed E-state index contributed by atoms with van der Waals surface area (Å²) in [7, 11) is 0. The molecule has 0 aromatic rings. The minimum absolute atomic E-state index is 0.151. The molecule has 0 rings (SSSR count). The Balaban J connectivity index is 4.00. The van der Waals surface area contributed by atoms with Crippen LogP contribution in [0.15, 0.2) is 0 Å². The summed E-state index contributed by atoms with van der Waals surface area (Å²) in [6.45, 7) is 9.90. The number of amides is 1. The van der Waals surface area contributed by atoms with Crippen molar-refractivity contribution in [2.75, 3.05) is 6.61 Å². The topological polar surface area (TPSA) is 64.3 Å². The van der Waals surface area contributed by atoms with Crippen LogP contribution in [0.4, 0.5) is 0 Å². The molecule has 0 radical (unpaired) electrons. The molecule has 0 saturated heterocycles. The largest absolute Gasteiger partial charge is 0.376 e. The van der Waals surface area contributed by atoms with Crippen LogP contribution in [0.5, 0.6) is 0 Å². The molecule has 0 aliphatic carbocycles. The van der Waals surface area contributed by atoms with Crippen LogP contribution in [0.25, 0.3) is 0 Å². The second kappa shape index (κ2) is 5.32. The van der Waals surface area contributed by atoms with E-state index in [1.165, 1.54) is 0 Å². The maximum Gasteiger partial charge on any atom is 0.237 e. The number of ether oxygens (including phenoxy) is 1. The summed E-state index contributed by atoms with van der Waals surface area (Å²) in [6.07, 6.45) is 0.168. The molecule has 1 amide bonds. The Morgan fingerprint density at radius 3 is 2.29 bits per heavy atom. The number of carbonyl (C=O) groups excluding carboxylic acids is 1. The van der Waals surface area contributed by atoms with Crippen molar-refractivity contribution in [3.8, 4) is 0 Å². The van der Waals surface area contributed by atoms with Gasteiger partial charge >= 0.3 is 0 Å². The van der Waals surface area contributed by atoms with E-state index in [2.05, 4.69) is 5.32 Å². The first-order valence-electron chi connectivity index (χ1n) is 4.94. The first kappa shape index (κ1) is 13.4. The molecular formula is C10H22N2O2. The number of hydrogen-bond donors (Lipinski definition) is 2. The van der Waals surface area contributed by atoms with E-state index in [1.807, 2.05) is 27.7 Å². The van der Waals surface area contributed by atoms with Crippen molar-refractivity contribution < 1.29 is 9.53 Å². The third kappa shape index (κ3) is 5.94. The van der Waals surface area contributed by atoms with Crippen LogP contribution in [0.2, 0.25) is 0 Å². The number of hydrogen-bond acceptors (Lipinski definition) is 3. The van der Waals surface area contributed by atoms with Crippen molar-refractivity contribution >= 4 is 5.91 Å². The number of carbonyl (C=O) groups is 1. The summed E-state index contributed by atoms with van der Waals surface area (Å²) in [5.74, 6) is -0.151. The Kier molecular flexibility index (Phi) is 5.08. The molecule has 0 aliphatic rings. The maximum atomic E-state index is 11.3. The standard InChI is InChI=1S/C10H22N2O2/c1-7(2)14-6-10(4,5)12-9(13)8(3)11/h7-8H,6,11H2,1-5H3,(H,12,13). The van der Waals surface area contributed by atoms with Gasteiger partial charge in [-0.3, -0.25) is 4.79 Å². The second-order valence-corrected chi connectivity index (χ2v) is 4.52. The van der Waals surface area contributed by atoms with Crippen molar-refractivity contribution in [2.45, 2.75) is 52.3 Å². The normalized spacial score (nSPS) is 14.2. The van der Waals surface area contributed by atoms with Crippen LogP contribution < -0.4 is 11.1 Å². The fourth-order valence-corrected chi connectivity index (χ4v) is 0.858. The van der Waals surface area contributed by atoms with Gasteiger partial charge in [0.15, 0.2) is 0 Å². The summed E-state index contributed by atoms with van der Waals surface area (Å²) in [5, 5.41) is 2.82. The molecule has 0 aromatic heterocycles. The molecular weight excluding hydrogens is 180 g/mol. The number of nitrogens with two attached hydrogens (primary N) is 1. The Hall–Kier alpha value is -0.610. The number of rotatable bonds is 5. The lowest BCUT2D eigenvalue weighted by atomic mass is 10.1. The van der Waals surface area contributed by atoms with Gasteiger partial charge in [-0.15, -0.1) is 0 Å². The van der Waals surface area contributed by atoms with Crippen LogP contribution in [-0.2, 0) is 9.53 Å². The van der Waals surface area contributed by atoms with Crippen LogP contribution in [0, 0.1) is 0 Å². The molecule has 84 valence electrons. The van der Waals surface area contributed by atoms with E-state index < -0.39 is 6.04 Å². The summed E-state index contributed by atoms with van der Waals surface area (Å²) in [4.78, 5) is 11.3. The van der Waals surface area contributed by atoms with Crippen molar-refractivity contribution in [1.82, 2.24) is 5.32 Å². The van der Waals surface area contributed by atoms with Crippen LogP contribution >= 0.6 is 0 Å². The second-order valence-electron chi connectivity index (χ2n) is 4.52. The first-order chi connectivity index (χ1) is 6.24. The highest BCUT2D eigenvalue weighted by Gasteiger charge is 2.22. The minimum atomic E-state index is -0.478. The zero-order chi connectivity index (χ0) is 11.4. The van der Waals surface area contributed by atoms with Crippen molar-refractivity contribution in [1.29, 1.82) is 0 Å². The lowest BCUT2D eigenvalue weighted by Crippen LogP contribution is -2.52. The molecule has 3 N–H and O–H groups in total. The highest BCUT2D eigenvalue weighted by atomic mass is 16.5. The van der Waals surface area contributed by atoms with Gasteiger partial charge < -0.3 is 15.8 Å². The monoisotopic (exact) mass is 202 g/mol. The molecule has 0 spiro atoms. The smallest absolute Gasteiger partial charge is 0.237 e. The Bertz CT molecular complexity index is 189. The van der Waals surface area contributed by atoms with Crippen LogP contribution in [0.1, 0.15) is 34.6 Å². The van der Waals surface area contributed by atoms with Gasteiger partial charge in [0.25, 0.3) is 0 Å². The average Bonchev–Trinajstić information content (AvgIpc) is 2.00.